The minimum Gasteiger partial charge on any atom is -0.469 e. The largest absolute Gasteiger partial charge is 0.469 e. The normalized spacial score (nSPS) is 19.7. The molecule has 1 saturated heterocycles. The summed E-state index contributed by atoms with van der Waals surface area (Å²) in [6, 6.07) is 0.585. The van der Waals surface area contributed by atoms with Crippen molar-refractivity contribution in [2.75, 3.05) is 13.1 Å². The van der Waals surface area contributed by atoms with Gasteiger partial charge in [0.1, 0.15) is 11.1 Å². The lowest BCUT2D eigenvalue weighted by molar-refractivity contribution is -0.138. The van der Waals surface area contributed by atoms with E-state index in [4.69, 9.17) is 21.1 Å². The van der Waals surface area contributed by atoms with Crippen LogP contribution in [0.25, 0.3) is 10.9 Å². The SMILES string of the molecule is CC(C)(C)OC(=O)N1C[C@H](Oc2nc(Cl)nc3c(F)c(Br)c(C(F)(F)F)cc23)[C@@H](F)C1. The third kappa shape index (κ3) is 5.11. The number of nitrogens with zero attached hydrogens (tertiary/aromatic N) is 3. The van der Waals surface area contributed by atoms with Crippen molar-refractivity contribution in [3.8, 4) is 5.88 Å². The molecule has 0 bridgehead atoms. The molecular weight excluding hydrogens is 517 g/mol. The standard InChI is InChI=1S/C18H16BrClF5N3O3/c1-17(2,3)31-16(29)28-5-9(21)10(6-28)30-14-7-4-8(18(23,24)25)11(19)12(22)13(7)26-15(20)27-14/h4,9-10H,5-6H2,1-3H3/t9-,10-/m0/s1. The van der Waals surface area contributed by atoms with Gasteiger partial charge >= 0.3 is 12.3 Å². The van der Waals surface area contributed by atoms with Crippen LogP contribution < -0.4 is 4.74 Å². The summed E-state index contributed by atoms with van der Waals surface area (Å²) < 4.78 is 78.7. The molecule has 0 N–H and O–H groups in total. The number of fused-ring (bicyclic) bond motifs is 1. The summed E-state index contributed by atoms with van der Waals surface area (Å²) in [4.78, 5) is 20.5. The summed E-state index contributed by atoms with van der Waals surface area (Å²) in [5.41, 5.74) is -2.67. The molecule has 0 saturated carbocycles. The quantitative estimate of drug-likeness (QED) is 0.375. The Hall–Kier alpha value is -1.95. The fourth-order valence-corrected chi connectivity index (χ4v) is 3.60. The molecule has 1 aliphatic heterocycles. The lowest BCUT2D eigenvalue weighted by Crippen LogP contribution is -2.36. The Bertz CT molecular complexity index is 1030. The first-order chi connectivity index (χ1) is 14.2. The molecule has 0 aliphatic carbocycles. The molecule has 6 nitrogen and oxygen atoms in total. The van der Waals surface area contributed by atoms with Crippen molar-refractivity contribution < 1.29 is 36.2 Å². The Morgan fingerprint density at radius 3 is 2.48 bits per heavy atom. The Labute approximate surface area is 186 Å². The van der Waals surface area contributed by atoms with Gasteiger partial charge in [-0.15, -0.1) is 0 Å². The van der Waals surface area contributed by atoms with E-state index in [0.717, 1.165) is 4.90 Å². The van der Waals surface area contributed by atoms with Crippen LogP contribution in [0.15, 0.2) is 10.5 Å². The van der Waals surface area contributed by atoms with Gasteiger partial charge in [-0.3, -0.25) is 0 Å². The molecule has 0 unspecified atom stereocenters. The van der Waals surface area contributed by atoms with E-state index in [1.54, 1.807) is 20.8 Å². The highest BCUT2D eigenvalue weighted by atomic mass is 79.9. The first-order valence-electron chi connectivity index (χ1n) is 8.88. The van der Waals surface area contributed by atoms with Crippen molar-refractivity contribution in [2.45, 2.75) is 44.8 Å². The Morgan fingerprint density at radius 2 is 1.90 bits per heavy atom. The number of aromatic nitrogens is 2. The molecule has 1 amide bonds. The Kier molecular flexibility index (Phi) is 6.27. The average molecular weight is 533 g/mol. The first-order valence-corrected chi connectivity index (χ1v) is 10.1. The Balaban J connectivity index is 1.96. The lowest BCUT2D eigenvalue weighted by atomic mass is 10.1. The molecule has 1 aliphatic rings. The second-order valence-corrected chi connectivity index (χ2v) is 8.93. The number of likely N-dealkylation sites (tertiary alicyclic amines) is 1. The maximum Gasteiger partial charge on any atom is 0.417 e. The van der Waals surface area contributed by atoms with Crippen LogP contribution in [0.5, 0.6) is 5.88 Å². The van der Waals surface area contributed by atoms with Gasteiger partial charge in [0.2, 0.25) is 11.2 Å². The van der Waals surface area contributed by atoms with Crippen LogP contribution in [0.1, 0.15) is 26.3 Å². The molecule has 1 fully saturated rings. The minimum absolute atomic E-state index is 0.260. The molecule has 2 atom stereocenters. The summed E-state index contributed by atoms with van der Waals surface area (Å²) in [5, 5.41) is -0.953. The van der Waals surface area contributed by atoms with E-state index in [1.807, 2.05) is 0 Å². The number of carbonyl (C=O) groups is 1. The van der Waals surface area contributed by atoms with Crippen molar-refractivity contribution in [1.82, 2.24) is 14.9 Å². The molecule has 13 heteroatoms. The van der Waals surface area contributed by atoms with Gasteiger partial charge in [0.05, 0.1) is 28.5 Å². The highest BCUT2D eigenvalue weighted by Gasteiger charge is 2.40. The lowest BCUT2D eigenvalue weighted by Gasteiger charge is -2.24. The smallest absolute Gasteiger partial charge is 0.417 e. The summed E-state index contributed by atoms with van der Waals surface area (Å²) in [6.07, 6.45) is -8.66. The molecule has 1 aromatic heterocycles. The fraction of sp³-hybridized carbons (Fsp3) is 0.500. The van der Waals surface area contributed by atoms with E-state index in [1.165, 1.54) is 0 Å². The molecule has 0 spiro atoms. The van der Waals surface area contributed by atoms with E-state index in [2.05, 4.69) is 25.9 Å². The maximum atomic E-state index is 14.6. The highest BCUT2D eigenvalue weighted by molar-refractivity contribution is 9.10. The number of amides is 1. The zero-order valence-corrected chi connectivity index (χ0v) is 18.7. The fourth-order valence-electron chi connectivity index (χ4n) is 2.91. The molecular formula is C18H16BrClF5N3O3. The van der Waals surface area contributed by atoms with Crippen molar-refractivity contribution in [2.24, 2.45) is 0 Å². The predicted octanol–water partition coefficient (Wildman–Crippen LogP) is 5.54. The molecule has 2 aromatic rings. The van der Waals surface area contributed by atoms with E-state index >= 15 is 0 Å². The predicted molar refractivity (Wildman–Crippen MR) is 104 cm³/mol. The van der Waals surface area contributed by atoms with Crippen LogP contribution in [0.4, 0.5) is 26.7 Å². The third-order valence-corrected chi connectivity index (χ3v) is 5.17. The van der Waals surface area contributed by atoms with Crippen LogP contribution in [0.2, 0.25) is 5.28 Å². The number of hydrogen-bond acceptors (Lipinski definition) is 5. The van der Waals surface area contributed by atoms with Crippen LogP contribution in [0.3, 0.4) is 0 Å². The average Bonchev–Trinajstić information content (AvgIpc) is 2.97. The van der Waals surface area contributed by atoms with Crippen LogP contribution in [-0.2, 0) is 10.9 Å². The number of carbonyl (C=O) groups excluding carboxylic acids is 1. The highest BCUT2D eigenvalue weighted by Crippen LogP contribution is 2.41. The van der Waals surface area contributed by atoms with Crippen LogP contribution >= 0.6 is 27.5 Å². The maximum absolute atomic E-state index is 14.6. The van der Waals surface area contributed by atoms with Crippen LogP contribution in [-0.4, -0.2) is 51.9 Å². The molecule has 3 rings (SSSR count). The van der Waals surface area contributed by atoms with Gasteiger partial charge < -0.3 is 14.4 Å². The van der Waals surface area contributed by atoms with Gasteiger partial charge in [0.15, 0.2) is 18.1 Å². The minimum atomic E-state index is -4.89. The van der Waals surface area contributed by atoms with E-state index in [9.17, 15) is 26.7 Å². The van der Waals surface area contributed by atoms with Gasteiger partial charge in [0, 0.05) is 0 Å². The van der Waals surface area contributed by atoms with E-state index in [-0.39, 0.29) is 13.1 Å². The molecule has 1 aromatic carbocycles. The number of hydrogen-bond donors (Lipinski definition) is 0. The number of rotatable bonds is 2. The summed E-state index contributed by atoms with van der Waals surface area (Å²) in [6.45, 7) is 4.31. The van der Waals surface area contributed by atoms with Crippen molar-refractivity contribution >= 4 is 44.5 Å². The van der Waals surface area contributed by atoms with Gasteiger partial charge in [0.25, 0.3) is 0 Å². The van der Waals surface area contributed by atoms with Gasteiger partial charge in [-0.2, -0.15) is 18.2 Å². The number of benzene rings is 1. The topological polar surface area (TPSA) is 64.5 Å². The van der Waals surface area contributed by atoms with Crippen molar-refractivity contribution in [1.29, 1.82) is 0 Å². The summed E-state index contributed by atoms with van der Waals surface area (Å²) >= 11 is 8.34. The Morgan fingerprint density at radius 1 is 1.26 bits per heavy atom. The van der Waals surface area contributed by atoms with Gasteiger partial charge in [-0.05, 0) is 54.4 Å². The number of ether oxygens (including phenoxy) is 2. The second-order valence-electron chi connectivity index (χ2n) is 7.80. The monoisotopic (exact) mass is 531 g/mol. The first kappa shape index (κ1) is 23.7. The number of halogens is 7. The van der Waals surface area contributed by atoms with E-state index in [0.29, 0.717) is 6.07 Å². The molecule has 31 heavy (non-hydrogen) atoms. The van der Waals surface area contributed by atoms with Crippen LogP contribution in [0, 0.1) is 5.82 Å². The third-order valence-electron chi connectivity index (χ3n) is 4.23. The molecule has 0 radical (unpaired) electrons. The second kappa shape index (κ2) is 8.19. The van der Waals surface area contributed by atoms with Crippen molar-refractivity contribution in [3.63, 3.8) is 0 Å². The summed E-state index contributed by atoms with van der Waals surface area (Å²) in [7, 11) is 0. The summed E-state index contributed by atoms with van der Waals surface area (Å²) in [5.74, 6) is -1.86. The van der Waals surface area contributed by atoms with Gasteiger partial charge in [-0.1, -0.05) is 0 Å². The molecule has 2 heterocycles. The molecule has 170 valence electrons. The van der Waals surface area contributed by atoms with E-state index < -0.39 is 68.1 Å². The zero-order valence-electron chi connectivity index (χ0n) is 16.4. The number of alkyl halides is 4. The van der Waals surface area contributed by atoms with Gasteiger partial charge in [-0.25, -0.2) is 18.6 Å². The zero-order chi connectivity index (χ0) is 23.3. The van der Waals surface area contributed by atoms with Crippen molar-refractivity contribution in [3.05, 3.63) is 27.2 Å².